The summed E-state index contributed by atoms with van der Waals surface area (Å²) in [5.41, 5.74) is 13.9. The highest BCUT2D eigenvalue weighted by molar-refractivity contribution is 6.10. The van der Waals surface area contributed by atoms with E-state index in [0.717, 1.165) is 66.8 Å². The van der Waals surface area contributed by atoms with E-state index in [0.29, 0.717) is 5.89 Å². The number of benzene rings is 9. The molecule has 0 saturated heterocycles. The molecule has 11 rings (SSSR count). The Morgan fingerprint density at radius 1 is 0.386 bits per heavy atom. The molecule has 0 aliphatic carbocycles. The number of rotatable bonds is 7. The van der Waals surface area contributed by atoms with Crippen molar-refractivity contribution in [2.45, 2.75) is 0 Å². The summed E-state index contributed by atoms with van der Waals surface area (Å²) in [7, 11) is 0. The van der Waals surface area contributed by atoms with Gasteiger partial charge in [0.1, 0.15) is 5.52 Å². The zero-order valence-corrected chi connectivity index (χ0v) is 31.0. The Morgan fingerprint density at radius 3 is 1.79 bits per heavy atom. The van der Waals surface area contributed by atoms with Crippen molar-refractivity contribution in [3.8, 4) is 39.4 Å². The number of hydrogen-bond acceptors (Lipinski definition) is 3. The molecular weight excluding hydrogens is 695 g/mol. The Bertz CT molecular complexity index is 3220. The number of aromatic nitrogens is 2. The molecule has 0 radical (unpaired) electrons. The molecule has 268 valence electrons. The number of para-hydroxylation sites is 2. The molecule has 4 heteroatoms. The molecule has 0 bridgehead atoms. The van der Waals surface area contributed by atoms with Gasteiger partial charge in [-0.3, -0.25) is 0 Å². The molecular formula is C53H35N3O. The maximum absolute atomic E-state index is 6.23. The number of fused-ring (bicyclic) bond motifs is 6. The quantitative estimate of drug-likeness (QED) is 0.164. The number of hydrogen-bond donors (Lipinski definition) is 0. The average Bonchev–Trinajstić information content (AvgIpc) is 3.88. The summed E-state index contributed by atoms with van der Waals surface area (Å²) in [5.74, 6) is 0.631. The predicted octanol–water partition coefficient (Wildman–Crippen LogP) is 14.5. The lowest BCUT2D eigenvalue weighted by atomic mass is 10.00. The second-order valence-corrected chi connectivity index (χ2v) is 14.4. The third-order valence-corrected chi connectivity index (χ3v) is 11.0. The van der Waals surface area contributed by atoms with Gasteiger partial charge in [0.05, 0.1) is 11.0 Å². The van der Waals surface area contributed by atoms with Crippen LogP contribution in [0.25, 0.3) is 83.1 Å². The Hall–Kier alpha value is -7.69. The van der Waals surface area contributed by atoms with Gasteiger partial charge in [-0.25, -0.2) is 4.98 Å². The van der Waals surface area contributed by atoms with Crippen molar-refractivity contribution in [3.05, 3.63) is 212 Å². The largest absolute Gasteiger partial charge is 0.436 e. The minimum atomic E-state index is 0.631. The molecule has 57 heavy (non-hydrogen) atoms. The molecule has 0 fully saturated rings. The minimum absolute atomic E-state index is 0.631. The highest BCUT2D eigenvalue weighted by Crippen LogP contribution is 2.41. The van der Waals surface area contributed by atoms with E-state index < -0.39 is 0 Å². The van der Waals surface area contributed by atoms with E-state index in [2.05, 4.69) is 185 Å². The first-order valence-electron chi connectivity index (χ1n) is 19.3. The summed E-state index contributed by atoms with van der Waals surface area (Å²) in [6.45, 7) is 0. The van der Waals surface area contributed by atoms with Gasteiger partial charge in [-0.1, -0.05) is 133 Å². The number of nitrogens with zero attached hydrogens (tertiary/aromatic N) is 3. The number of oxazole rings is 1. The average molecular weight is 730 g/mol. The first-order valence-corrected chi connectivity index (χ1v) is 19.3. The maximum atomic E-state index is 6.23. The zero-order chi connectivity index (χ0) is 37.7. The number of anilines is 3. The van der Waals surface area contributed by atoms with Crippen molar-refractivity contribution in [2.24, 2.45) is 0 Å². The van der Waals surface area contributed by atoms with E-state index in [1.807, 2.05) is 36.4 Å². The van der Waals surface area contributed by atoms with Crippen LogP contribution in [0.3, 0.4) is 0 Å². The van der Waals surface area contributed by atoms with Crippen molar-refractivity contribution < 1.29 is 4.42 Å². The van der Waals surface area contributed by atoms with Gasteiger partial charge in [-0.05, 0) is 107 Å². The van der Waals surface area contributed by atoms with E-state index in [1.165, 1.54) is 27.4 Å². The van der Waals surface area contributed by atoms with E-state index in [1.54, 1.807) is 0 Å². The van der Waals surface area contributed by atoms with Gasteiger partial charge in [-0.2, -0.15) is 0 Å². The van der Waals surface area contributed by atoms with Gasteiger partial charge in [0, 0.05) is 44.5 Å². The molecule has 4 nitrogen and oxygen atoms in total. The third kappa shape index (κ3) is 5.74. The summed E-state index contributed by atoms with van der Waals surface area (Å²) in [4.78, 5) is 7.33. The predicted molar refractivity (Wildman–Crippen MR) is 237 cm³/mol. The van der Waals surface area contributed by atoms with Crippen molar-refractivity contribution in [3.63, 3.8) is 0 Å². The minimum Gasteiger partial charge on any atom is -0.436 e. The maximum Gasteiger partial charge on any atom is 0.227 e. The molecule has 11 aromatic rings. The molecule has 0 amide bonds. The fourth-order valence-corrected chi connectivity index (χ4v) is 8.25. The van der Waals surface area contributed by atoms with Crippen molar-refractivity contribution in [1.29, 1.82) is 0 Å². The second kappa shape index (κ2) is 13.6. The smallest absolute Gasteiger partial charge is 0.227 e. The van der Waals surface area contributed by atoms with Gasteiger partial charge < -0.3 is 13.9 Å². The Morgan fingerprint density at radius 2 is 0.982 bits per heavy atom. The first-order chi connectivity index (χ1) is 28.2. The molecule has 9 aromatic carbocycles. The lowest BCUT2D eigenvalue weighted by molar-refractivity contribution is 0.620. The van der Waals surface area contributed by atoms with Crippen molar-refractivity contribution in [1.82, 2.24) is 9.55 Å². The summed E-state index contributed by atoms with van der Waals surface area (Å²) in [6, 6.07) is 75.3. The first kappa shape index (κ1) is 32.7. The Labute approximate surface area is 330 Å². The van der Waals surface area contributed by atoms with Crippen molar-refractivity contribution in [2.75, 3.05) is 4.90 Å². The van der Waals surface area contributed by atoms with Gasteiger partial charge >= 0.3 is 0 Å². The molecule has 0 unspecified atom stereocenters. The van der Waals surface area contributed by atoms with Gasteiger partial charge in [-0.15, -0.1) is 0 Å². The van der Waals surface area contributed by atoms with E-state index >= 15 is 0 Å². The summed E-state index contributed by atoms with van der Waals surface area (Å²) >= 11 is 0. The van der Waals surface area contributed by atoms with E-state index in [-0.39, 0.29) is 0 Å². The molecule has 2 heterocycles. The molecule has 0 aliphatic rings. The van der Waals surface area contributed by atoms with Crippen LogP contribution in [0.4, 0.5) is 17.1 Å². The van der Waals surface area contributed by atoms with Crippen LogP contribution < -0.4 is 4.90 Å². The Kier molecular flexibility index (Phi) is 7.78. The highest BCUT2D eigenvalue weighted by atomic mass is 16.3. The summed E-state index contributed by atoms with van der Waals surface area (Å²) in [5, 5.41) is 4.66. The van der Waals surface area contributed by atoms with Crippen LogP contribution in [0.5, 0.6) is 0 Å². The SMILES string of the molecule is c1ccc(-c2cccc(N(c3ccc(-c4ccc5ccc6oc(-c7ccccc7)nc6c5c4)cc3)c3ccc4c5ccccc5n(-c5ccccc5)c4c3)c2)cc1. The fourth-order valence-electron chi connectivity index (χ4n) is 8.25. The normalized spacial score (nSPS) is 11.5. The third-order valence-electron chi connectivity index (χ3n) is 11.0. The Balaban J connectivity index is 1.05. The fraction of sp³-hybridized carbons (Fsp3) is 0. The molecule has 0 N–H and O–H groups in total. The van der Waals surface area contributed by atoms with Gasteiger partial charge in [0.25, 0.3) is 0 Å². The van der Waals surface area contributed by atoms with Crippen LogP contribution in [0.15, 0.2) is 217 Å². The van der Waals surface area contributed by atoms with Gasteiger partial charge in [0.15, 0.2) is 5.58 Å². The van der Waals surface area contributed by atoms with E-state index in [9.17, 15) is 0 Å². The van der Waals surface area contributed by atoms with Crippen LogP contribution in [0.1, 0.15) is 0 Å². The summed E-state index contributed by atoms with van der Waals surface area (Å²) in [6.07, 6.45) is 0. The van der Waals surface area contributed by atoms with Crippen molar-refractivity contribution >= 4 is 60.7 Å². The summed E-state index contributed by atoms with van der Waals surface area (Å²) < 4.78 is 8.61. The zero-order valence-electron chi connectivity index (χ0n) is 31.0. The van der Waals surface area contributed by atoms with Crippen LogP contribution in [0.2, 0.25) is 0 Å². The lowest BCUT2D eigenvalue weighted by Crippen LogP contribution is -2.10. The molecule has 0 spiro atoms. The second-order valence-electron chi connectivity index (χ2n) is 14.4. The van der Waals surface area contributed by atoms with E-state index in [4.69, 9.17) is 9.40 Å². The monoisotopic (exact) mass is 729 g/mol. The molecule has 0 aliphatic heterocycles. The standard InChI is InChI=1S/C53H35N3O/c1-4-13-36(14-5-1)40-17-12-20-44(33-40)55(45-30-31-47-46-21-10-11-22-49(46)56(50(47)35-45)42-18-8-3-9-19-42)43-28-25-37(26-29-43)41-24-23-38-27-32-51-52(48(38)34-41)54-53(57-51)39-15-6-2-7-16-39/h1-35H. The van der Waals surface area contributed by atoms with Crippen LogP contribution >= 0.6 is 0 Å². The highest BCUT2D eigenvalue weighted by Gasteiger charge is 2.19. The van der Waals surface area contributed by atoms with Crippen LogP contribution in [0, 0.1) is 0 Å². The molecule has 2 aromatic heterocycles. The molecule has 0 atom stereocenters. The lowest BCUT2D eigenvalue weighted by Gasteiger charge is -2.26. The van der Waals surface area contributed by atoms with Gasteiger partial charge in [0.2, 0.25) is 5.89 Å². The topological polar surface area (TPSA) is 34.2 Å². The molecule has 0 saturated carbocycles. The van der Waals surface area contributed by atoms with Crippen LogP contribution in [-0.2, 0) is 0 Å². The van der Waals surface area contributed by atoms with Crippen LogP contribution in [-0.4, -0.2) is 9.55 Å².